The van der Waals surface area contributed by atoms with Crippen molar-refractivity contribution in [2.45, 2.75) is 30.7 Å². The molecule has 5 atom stereocenters. The summed E-state index contributed by atoms with van der Waals surface area (Å²) in [4.78, 5) is 0. The molecule has 6 heteroatoms. The van der Waals surface area contributed by atoms with Crippen LogP contribution in [0.1, 0.15) is 0 Å². The second kappa shape index (κ2) is 3.65. The van der Waals surface area contributed by atoms with Gasteiger partial charge in [-0.25, -0.2) is 0 Å². The smallest absolute Gasteiger partial charge is 0.184 e. The molecule has 5 N–H and O–H groups in total. The number of rotatable bonds is 1. The first kappa shape index (κ1) is 9.85. The summed E-state index contributed by atoms with van der Waals surface area (Å²) in [6.07, 6.45) is -7.04. The summed E-state index contributed by atoms with van der Waals surface area (Å²) in [5.74, 6) is 0. The molecule has 1 aliphatic rings. The molecule has 6 nitrogen and oxygen atoms in total. The fraction of sp³-hybridized carbons (Fsp3) is 1.00. The van der Waals surface area contributed by atoms with Crippen LogP contribution in [0.15, 0.2) is 0 Å². The highest BCUT2D eigenvalue weighted by Crippen LogP contribution is 2.18. The van der Waals surface area contributed by atoms with Gasteiger partial charge in [0, 0.05) is 0 Å². The van der Waals surface area contributed by atoms with Gasteiger partial charge in [0.2, 0.25) is 0 Å². The first-order valence-corrected chi connectivity index (χ1v) is 3.56. The standard InChI is InChI=1S/C6H12O6/c7-1-2-3(8)4(9)5(10)6(11)12-2/h2-11H,1H2/t2?,3-,4?,5+,6+/m1/s1. The van der Waals surface area contributed by atoms with Crippen molar-refractivity contribution in [3.05, 3.63) is 0 Å². The van der Waals surface area contributed by atoms with Crippen LogP contribution in [0.2, 0.25) is 0 Å². The molecule has 1 fully saturated rings. The summed E-state index contributed by atoms with van der Waals surface area (Å²) < 4.78 is 4.58. The predicted octanol–water partition coefficient (Wildman–Crippen LogP) is -3.22. The van der Waals surface area contributed by atoms with Crippen LogP contribution in [-0.2, 0) is 4.74 Å². The quantitative estimate of drug-likeness (QED) is 0.290. The molecule has 2 unspecified atom stereocenters. The van der Waals surface area contributed by atoms with E-state index < -0.39 is 37.3 Å². The number of aliphatic hydroxyl groups is 5. The molecule has 1 heterocycles. The van der Waals surface area contributed by atoms with Gasteiger partial charge in [-0.1, -0.05) is 0 Å². The molecular weight excluding hydrogens is 168 g/mol. The maximum absolute atomic E-state index is 9.12. The van der Waals surface area contributed by atoms with Gasteiger partial charge in [-0.05, 0) is 0 Å². The van der Waals surface area contributed by atoms with Crippen molar-refractivity contribution in [1.82, 2.24) is 0 Å². The van der Waals surface area contributed by atoms with Crippen LogP contribution < -0.4 is 0 Å². The van der Waals surface area contributed by atoms with Gasteiger partial charge in [-0.3, -0.25) is 0 Å². The van der Waals surface area contributed by atoms with E-state index in [2.05, 4.69) is 4.74 Å². The molecule has 0 aromatic heterocycles. The zero-order chi connectivity index (χ0) is 9.30. The minimum Gasteiger partial charge on any atom is -0.394 e. The van der Waals surface area contributed by atoms with Crippen LogP contribution in [0.4, 0.5) is 0 Å². The van der Waals surface area contributed by atoms with E-state index in [-0.39, 0.29) is 0 Å². The number of aliphatic hydroxyl groups excluding tert-OH is 5. The van der Waals surface area contributed by atoms with E-state index in [1.165, 1.54) is 0 Å². The molecule has 1 aliphatic heterocycles. The van der Waals surface area contributed by atoms with Gasteiger partial charge in [0.1, 0.15) is 24.4 Å². The second-order valence-electron chi connectivity index (χ2n) is 2.72. The Morgan fingerprint density at radius 1 is 0.917 bits per heavy atom. The lowest BCUT2D eigenvalue weighted by molar-refractivity contribution is -0.286. The fourth-order valence-electron chi connectivity index (χ4n) is 1.08. The normalized spacial score (nSPS) is 49.2. The number of hydrogen-bond acceptors (Lipinski definition) is 6. The molecule has 1 rings (SSSR count). The Balaban J connectivity index is 2.63. The highest BCUT2D eigenvalue weighted by molar-refractivity contribution is 4.87. The Bertz CT molecular complexity index is 146. The lowest BCUT2D eigenvalue weighted by Crippen LogP contribution is -2.58. The molecular formula is C6H12O6. The summed E-state index contributed by atoms with van der Waals surface area (Å²) in [5.41, 5.74) is 0. The molecule has 72 valence electrons. The van der Waals surface area contributed by atoms with Gasteiger partial charge in [0.15, 0.2) is 6.29 Å². The molecule has 0 spiro atoms. The van der Waals surface area contributed by atoms with Crippen LogP contribution in [0, 0.1) is 0 Å². The summed E-state index contributed by atoms with van der Waals surface area (Å²) in [5, 5.41) is 44.7. The van der Waals surface area contributed by atoms with E-state index in [1.54, 1.807) is 0 Å². The highest BCUT2D eigenvalue weighted by Gasteiger charge is 2.42. The molecule has 0 bridgehead atoms. The van der Waals surface area contributed by atoms with Crippen LogP contribution in [0.25, 0.3) is 0 Å². The zero-order valence-corrected chi connectivity index (χ0v) is 6.24. The van der Waals surface area contributed by atoms with E-state index >= 15 is 0 Å². The summed E-state index contributed by atoms with van der Waals surface area (Å²) in [7, 11) is 0. The molecule has 1 saturated heterocycles. The van der Waals surface area contributed by atoms with Crippen molar-refractivity contribution in [3.8, 4) is 0 Å². The van der Waals surface area contributed by atoms with Crippen LogP contribution in [0.5, 0.6) is 0 Å². The molecule has 12 heavy (non-hydrogen) atoms. The fourth-order valence-corrected chi connectivity index (χ4v) is 1.08. The third-order valence-electron chi connectivity index (χ3n) is 1.87. The molecule has 0 aromatic rings. The van der Waals surface area contributed by atoms with Crippen molar-refractivity contribution in [1.29, 1.82) is 0 Å². The largest absolute Gasteiger partial charge is 0.394 e. The first-order valence-electron chi connectivity index (χ1n) is 3.56. The van der Waals surface area contributed by atoms with E-state index in [0.717, 1.165) is 0 Å². The monoisotopic (exact) mass is 180 g/mol. The second-order valence-corrected chi connectivity index (χ2v) is 2.72. The lowest BCUT2D eigenvalue weighted by atomic mass is 10.00. The van der Waals surface area contributed by atoms with Crippen molar-refractivity contribution in [2.24, 2.45) is 0 Å². The average molecular weight is 180 g/mol. The third-order valence-corrected chi connectivity index (χ3v) is 1.87. The molecule has 0 aliphatic carbocycles. The van der Waals surface area contributed by atoms with Gasteiger partial charge < -0.3 is 30.3 Å². The van der Waals surface area contributed by atoms with Crippen molar-refractivity contribution in [3.63, 3.8) is 0 Å². The first-order chi connectivity index (χ1) is 5.57. The van der Waals surface area contributed by atoms with Crippen LogP contribution in [0.3, 0.4) is 0 Å². The van der Waals surface area contributed by atoms with E-state index in [0.29, 0.717) is 0 Å². The summed E-state index contributed by atoms with van der Waals surface area (Å²) >= 11 is 0. The van der Waals surface area contributed by atoms with Gasteiger partial charge >= 0.3 is 0 Å². The van der Waals surface area contributed by atoms with Crippen LogP contribution >= 0.6 is 0 Å². The van der Waals surface area contributed by atoms with E-state index in [9.17, 15) is 0 Å². The van der Waals surface area contributed by atoms with Crippen molar-refractivity contribution in [2.75, 3.05) is 6.61 Å². The minimum atomic E-state index is -1.57. The van der Waals surface area contributed by atoms with Gasteiger partial charge in [-0.2, -0.15) is 0 Å². The molecule has 0 radical (unpaired) electrons. The summed E-state index contributed by atoms with van der Waals surface area (Å²) in [6, 6.07) is 0. The van der Waals surface area contributed by atoms with Crippen LogP contribution in [-0.4, -0.2) is 62.8 Å². The minimum absolute atomic E-state index is 0.526. The Morgan fingerprint density at radius 2 is 1.50 bits per heavy atom. The summed E-state index contributed by atoms with van der Waals surface area (Å²) in [6.45, 7) is -0.526. The zero-order valence-electron chi connectivity index (χ0n) is 6.24. The van der Waals surface area contributed by atoms with E-state index in [4.69, 9.17) is 25.5 Å². The topological polar surface area (TPSA) is 110 Å². The lowest BCUT2D eigenvalue weighted by Gasteiger charge is -2.37. The van der Waals surface area contributed by atoms with Crippen molar-refractivity contribution >= 4 is 0 Å². The Labute approximate surface area is 68.6 Å². The Kier molecular flexibility index (Phi) is 2.99. The molecule has 0 amide bonds. The molecule has 0 aromatic carbocycles. The van der Waals surface area contributed by atoms with Crippen molar-refractivity contribution < 1.29 is 30.3 Å². The van der Waals surface area contributed by atoms with Gasteiger partial charge in [0.25, 0.3) is 0 Å². The highest BCUT2D eigenvalue weighted by atomic mass is 16.6. The molecule has 0 saturated carbocycles. The maximum atomic E-state index is 9.12. The average Bonchev–Trinajstić information content (AvgIpc) is 2.08. The van der Waals surface area contributed by atoms with E-state index in [1.807, 2.05) is 0 Å². The third kappa shape index (κ3) is 1.58. The van der Waals surface area contributed by atoms with Gasteiger partial charge in [0.05, 0.1) is 6.61 Å². The van der Waals surface area contributed by atoms with Gasteiger partial charge in [-0.15, -0.1) is 0 Å². The maximum Gasteiger partial charge on any atom is 0.184 e. The Hall–Kier alpha value is -0.240. The predicted molar refractivity (Wildman–Crippen MR) is 36.0 cm³/mol. The Morgan fingerprint density at radius 3 is 2.00 bits per heavy atom. The SMILES string of the molecule is OCC1O[C@H](O)[C@@H](O)C(O)[C@@H]1O. The number of hydrogen-bond donors (Lipinski definition) is 5. The number of ether oxygens (including phenoxy) is 1.